The average molecular weight is 720 g/mol. The topological polar surface area (TPSA) is 179 Å². The summed E-state index contributed by atoms with van der Waals surface area (Å²) in [6, 6.07) is 30.2. The molecule has 5 aromatic rings. The smallest absolute Gasteiger partial charge is 0.315 e. The van der Waals surface area contributed by atoms with Crippen molar-refractivity contribution in [2.24, 2.45) is 0 Å². The molecule has 14 heteroatoms. The van der Waals surface area contributed by atoms with Crippen LogP contribution in [0.2, 0.25) is 0 Å². The third-order valence-electron chi connectivity index (χ3n) is 9.73. The summed E-state index contributed by atoms with van der Waals surface area (Å²) in [7, 11) is 0. The van der Waals surface area contributed by atoms with Gasteiger partial charge in [0.1, 0.15) is 12.2 Å². The highest BCUT2D eigenvalue weighted by molar-refractivity contribution is 5.84. The number of rotatable bonds is 13. The first-order chi connectivity index (χ1) is 25.9. The lowest BCUT2D eigenvalue weighted by Crippen LogP contribution is -2.43. The van der Waals surface area contributed by atoms with Crippen LogP contribution in [0.5, 0.6) is 0 Å². The summed E-state index contributed by atoms with van der Waals surface area (Å²) in [6.45, 7) is 5.01. The fourth-order valence-electron chi connectivity index (χ4n) is 7.06. The lowest BCUT2D eigenvalue weighted by Gasteiger charge is -2.20. The van der Waals surface area contributed by atoms with Gasteiger partial charge < -0.3 is 36.2 Å². The maximum absolute atomic E-state index is 13.1. The van der Waals surface area contributed by atoms with Crippen molar-refractivity contribution in [2.45, 2.75) is 62.9 Å². The number of urea groups is 1. The predicted molar refractivity (Wildman–Crippen MR) is 199 cm³/mol. The zero-order valence-electron chi connectivity index (χ0n) is 29.5. The van der Waals surface area contributed by atoms with E-state index in [4.69, 9.17) is 14.7 Å². The number of hydrogen-bond donors (Lipinski definition) is 6. The Balaban J connectivity index is 1.12. The minimum absolute atomic E-state index is 0.000961. The molecule has 0 bridgehead atoms. The molecule has 7 rings (SSSR count). The average Bonchev–Trinajstić information content (AvgIpc) is 3.89. The summed E-state index contributed by atoms with van der Waals surface area (Å²) >= 11 is 0. The van der Waals surface area contributed by atoms with Gasteiger partial charge in [0.2, 0.25) is 0 Å². The van der Waals surface area contributed by atoms with Gasteiger partial charge in [-0.3, -0.25) is 14.3 Å². The Kier molecular flexibility index (Phi) is 11.2. The Morgan fingerprint density at radius 2 is 1.58 bits per heavy atom. The molecule has 2 aromatic heterocycles. The minimum Gasteiger partial charge on any atom is -0.387 e. The summed E-state index contributed by atoms with van der Waals surface area (Å²) < 4.78 is 7.40. The molecule has 4 heterocycles. The van der Waals surface area contributed by atoms with E-state index in [1.165, 1.54) is 16.5 Å². The van der Waals surface area contributed by atoms with Gasteiger partial charge in [0.05, 0.1) is 12.9 Å². The number of aliphatic hydroxyl groups excluding tert-OH is 2. The van der Waals surface area contributed by atoms with Gasteiger partial charge in [0, 0.05) is 44.7 Å². The van der Waals surface area contributed by atoms with Crippen molar-refractivity contribution in [1.29, 1.82) is 0 Å². The van der Waals surface area contributed by atoms with E-state index in [2.05, 4.69) is 67.5 Å². The summed E-state index contributed by atoms with van der Waals surface area (Å²) in [4.78, 5) is 42.2. The van der Waals surface area contributed by atoms with E-state index in [0.29, 0.717) is 35.9 Å². The van der Waals surface area contributed by atoms with Crippen LogP contribution in [-0.2, 0) is 22.6 Å². The van der Waals surface area contributed by atoms with Crippen LogP contribution in [0.3, 0.4) is 0 Å². The Hall–Kier alpha value is -5.41. The van der Waals surface area contributed by atoms with Crippen LogP contribution in [0.1, 0.15) is 48.0 Å². The molecule has 0 saturated carbocycles. The molecule has 6 N–H and O–H groups in total. The van der Waals surface area contributed by atoms with Crippen molar-refractivity contribution in [3.63, 3.8) is 0 Å². The van der Waals surface area contributed by atoms with E-state index >= 15 is 0 Å². The number of imidazole rings is 1. The Morgan fingerprint density at radius 1 is 0.906 bits per heavy atom. The maximum Gasteiger partial charge on any atom is 0.315 e. The second-order valence-corrected chi connectivity index (χ2v) is 13.4. The van der Waals surface area contributed by atoms with Crippen LogP contribution in [0.15, 0.2) is 97.3 Å². The number of amides is 3. The fourth-order valence-corrected chi connectivity index (χ4v) is 7.06. The predicted octanol–water partition coefficient (Wildman–Crippen LogP) is 2.90. The summed E-state index contributed by atoms with van der Waals surface area (Å²) in [5, 5.41) is 33.9. The third kappa shape index (κ3) is 8.31. The van der Waals surface area contributed by atoms with E-state index in [0.717, 1.165) is 37.2 Å². The Bertz CT molecular complexity index is 1940. The van der Waals surface area contributed by atoms with E-state index in [1.807, 2.05) is 54.6 Å². The SMILES string of the molecule is CCNC(=O)C1OC(n2cnc3c(NCC(c4ccccc4)c4ccccc4)nc(CNC(=O)NC4CCN(Cc5ccccc5)C4)nc32)C(O)C1O. The molecule has 0 aliphatic carbocycles. The highest BCUT2D eigenvalue weighted by Crippen LogP contribution is 2.33. The van der Waals surface area contributed by atoms with Crippen molar-refractivity contribution in [3.05, 3.63) is 120 Å². The number of anilines is 1. The molecule has 276 valence electrons. The second-order valence-electron chi connectivity index (χ2n) is 13.4. The largest absolute Gasteiger partial charge is 0.387 e. The van der Waals surface area contributed by atoms with Crippen molar-refractivity contribution in [3.8, 4) is 0 Å². The summed E-state index contributed by atoms with van der Waals surface area (Å²) in [5.41, 5.74) is 4.16. The number of aliphatic hydroxyl groups is 2. The number of nitrogens with zero attached hydrogens (tertiary/aromatic N) is 5. The molecule has 5 atom stereocenters. The number of nitrogens with one attached hydrogen (secondary N) is 4. The molecule has 3 amide bonds. The first kappa shape index (κ1) is 36.0. The van der Waals surface area contributed by atoms with Gasteiger partial charge in [0.25, 0.3) is 5.91 Å². The highest BCUT2D eigenvalue weighted by Gasteiger charge is 2.47. The zero-order chi connectivity index (χ0) is 36.7. The standard InChI is InChI=1S/C39H45N9O5/c1-2-40-37(51)34-32(49)33(50)38(53-34)48-24-43-31-35(41-20-29(26-14-8-4-9-15-26)27-16-10-5-11-17-27)45-30(46-36(31)48)21-42-39(52)44-28-18-19-47(23-28)22-25-12-6-3-7-13-25/h3-17,24,28-29,32-34,38,49-50H,2,18-23H2,1H3,(H,40,51)(H,41,45,46)(H2,42,44,52). The van der Waals surface area contributed by atoms with Crippen molar-refractivity contribution in [1.82, 2.24) is 40.4 Å². The number of aromatic nitrogens is 4. The lowest BCUT2D eigenvalue weighted by atomic mass is 9.91. The molecule has 2 fully saturated rings. The molecule has 2 saturated heterocycles. The number of benzene rings is 3. The van der Waals surface area contributed by atoms with Gasteiger partial charge >= 0.3 is 6.03 Å². The van der Waals surface area contributed by atoms with Gasteiger partial charge in [-0.2, -0.15) is 0 Å². The van der Waals surface area contributed by atoms with E-state index in [1.54, 1.807) is 6.92 Å². The van der Waals surface area contributed by atoms with Crippen LogP contribution in [-0.4, -0.2) is 97.1 Å². The van der Waals surface area contributed by atoms with Gasteiger partial charge in [0.15, 0.2) is 35.1 Å². The maximum atomic E-state index is 13.1. The number of hydrogen-bond acceptors (Lipinski definition) is 10. The van der Waals surface area contributed by atoms with Crippen LogP contribution >= 0.6 is 0 Å². The molecule has 53 heavy (non-hydrogen) atoms. The van der Waals surface area contributed by atoms with Crippen LogP contribution in [0.4, 0.5) is 10.6 Å². The Morgan fingerprint density at radius 3 is 2.26 bits per heavy atom. The minimum atomic E-state index is -1.47. The van der Waals surface area contributed by atoms with E-state index in [-0.39, 0.29) is 24.5 Å². The van der Waals surface area contributed by atoms with Crippen LogP contribution < -0.4 is 21.3 Å². The first-order valence-electron chi connectivity index (χ1n) is 18.0. The number of fused-ring (bicyclic) bond motifs is 1. The fraction of sp³-hybridized carbons (Fsp3) is 0.359. The monoisotopic (exact) mass is 719 g/mol. The normalized spacial score (nSPS) is 21.5. The van der Waals surface area contributed by atoms with Crippen molar-refractivity contribution in [2.75, 3.05) is 31.5 Å². The zero-order valence-corrected chi connectivity index (χ0v) is 29.5. The van der Waals surface area contributed by atoms with Crippen molar-refractivity contribution >= 4 is 28.9 Å². The van der Waals surface area contributed by atoms with Gasteiger partial charge in [-0.15, -0.1) is 0 Å². The Labute approximate surface area is 307 Å². The third-order valence-corrected chi connectivity index (χ3v) is 9.73. The number of ether oxygens (including phenoxy) is 1. The van der Waals surface area contributed by atoms with Crippen molar-refractivity contribution < 1.29 is 24.5 Å². The molecule has 0 radical (unpaired) electrons. The first-order valence-corrected chi connectivity index (χ1v) is 18.0. The summed E-state index contributed by atoms with van der Waals surface area (Å²) in [6.07, 6.45) is -3.06. The van der Waals surface area contributed by atoms with E-state index < -0.39 is 30.4 Å². The summed E-state index contributed by atoms with van der Waals surface area (Å²) in [5.74, 6) is 0.150. The van der Waals surface area contributed by atoms with Gasteiger partial charge in [-0.1, -0.05) is 91.0 Å². The molecule has 0 spiro atoms. The van der Waals surface area contributed by atoms with Crippen LogP contribution in [0.25, 0.3) is 11.2 Å². The molecule has 5 unspecified atom stereocenters. The number of carbonyl (C=O) groups is 2. The highest BCUT2D eigenvalue weighted by atomic mass is 16.6. The molecule has 2 aliphatic heterocycles. The molecule has 2 aliphatic rings. The van der Waals surface area contributed by atoms with E-state index in [9.17, 15) is 19.8 Å². The molecule has 14 nitrogen and oxygen atoms in total. The number of carbonyl (C=O) groups excluding carboxylic acids is 2. The second kappa shape index (κ2) is 16.5. The van der Waals surface area contributed by atoms with Crippen LogP contribution in [0, 0.1) is 0 Å². The van der Waals surface area contributed by atoms with Gasteiger partial charge in [-0.25, -0.2) is 19.7 Å². The quantitative estimate of drug-likeness (QED) is 0.106. The number of likely N-dealkylation sites (N-methyl/N-ethyl adjacent to an activating group) is 1. The number of likely N-dealkylation sites (tertiary alicyclic amines) is 1. The lowest BCUT2D eigenvalue weighted by molar-refractivity contribution is -0.137. The molecular weight excluding hydrogens is 674 g/mol. The molecular formula is C39H45N9O5. The van der Waals surface area contributed by atoms with Gasteiger partial charge in [-0.05, 0) is 30.0 Å². The molecule has 3 aromatic carbocycles.